The van der Waals surface area contributed by atoms with Gasteiger partial charge < -0.3 is 19.6 Å². The van der Waals surface area contributed by atoms with E-state index in [1.165, 1.54) is 0 Å². The van der Waals surface area contributed by atoms with Crippen LogP contribution in [-0.2, 0) is 0 Å². The molecular formula is C64H54N12. The van der Waals surface area contributed by atoms with Crippen molar-refractivity contribution in [3.63, 3.8) is 0 Å². The highest BCUT2D eigenvalue weighted by Crippen LogP contribution is 2.56. The Morgan fingerprint density at radius 3 is 0.513 bits per heavy atom. The van der Waals surface area contributed by atoms with E-state index < -0.39 is 0 Å². The van der Waals surface area contributed by atoms with Gasteiger partial charge in [0.25, 0.3) is 0 Å². The second kappa shape index (κ2) is 19.3. The first-order valence-electron chi connectivity index (χ1n) is 25.3. The first kappa shape index (κ1) is 47.3. The van der Waals surface area contributed by atoms with Gasteiger partial charge in [-0.25, -0.2) is 0 Å². The molecule has 0 bridgehead atoms. The second-order valence-electron chi connectivity index (χ2n) is 19.5. The molecule has 0 spiro atoms. The maximum atomic E-state index is 4.60. The molecule has 0 aliphatic rings. The Bertz CT molecular complexity index is 3470. The molecule has 0 amide bonds. The predicted molar refractivity (Wildman–Crippen MR) is 309 cm³/mol. The molecule has 0 atom stereocenters. The zero-order valence-electron chi connectivity index (χ0n) is 43.7. The molecule has 370 valence electrons. The molecule has 12 heteroatoms. The van der Waals surface area contributed by atoms with E-state index in [2.05, 4.69) is 200 Å². The van der Waals surface area contributed by atoms with E-state index >= 15 is 0 Å². The van der Waals surface area contributed by atoms with Crippen LogP contribution in [0.5, 0.6) is 0 Å². The summed E-state index contributed by atoms with van der Waals surface area (Å²) >= 11 is 0. The Kier molecular flexibility index (Phi) is 12.0. The molecule has 0 aliphatic carbocycles. The van der Waals surface area contributed by atoms with Crippen LogP contribution in [0.4, 0.5) is 68.2 Å². The van der Waals surface area contributed by atoms with Gasteiger partial charge in [-0.05, 0) is 161 Å². The highest BCUT2D eigenvalue weighted by Gasteiger charge is 2.31. The number of benzene rings is 4. The summed E-state index contributed by atoms with van der Waals surface area (Å²) in [7, 11) is 0. The molecule has 8 aromatic heterocycles. The van der Waals surface area contributed by atoms with Gasteiger partial charge in [0.15, 0.2) is 0 Å². The van der Waals surface area contributed by atoms with Crippen LogP contribution in [0.1, 0.15) is 44.5 Å². The third-order valence-electron chi connectivity index (χ3n) is 14.6. The second-order valence-corrected chi connectivity index (χ2v) is 19.5. The average Bonchev–Trinajstić information content (AvgIpc) is 3.57. The van der Waals surface area contributed by atoms with E-state index in [9.17, 15) is 0 Å². The number of hydrogen-bond donors (Lipinski definition) is 0. The standard InChI is InChI=1S/C64H54N12/c1-39-31-65-21-13-51(39)73(52-14-22-66-32-40(52)2)59-29-60(74(53-15-23-67-33-41(53)3)54-16-24-68-34-42(54)4)48-11-12-50-62(76(57-19-27-71-37-45(57)7)58-20-28-72-38-46(58)8)30-61(49-10-9-47(59)63(48)64(49)50)75(55-17-25-69-35-43(55)5)56-18-26-70-36-44(56)6/h9-38H,1-8H3. The van der Waals surface area contributed by atoms with Crippen molar-refractivity contribution in [3.8, 4) is 0 Å². The third kappa shape index (κ3) is 7.93. The Hall–Kier alpha value is -9.68. The molecule has 0 aliphatic heterocycles. The predicted octanol–water partition coefficient (Wildman–Crippen LogP) is 16.1. The Morgan fingerprint density at radius 2 is 0.368 bits per heavy atom. The molecule has 4 aromatic carbocycles. The van der Waals surface area contributed by atoms with Crippen LogP contribution in [-0.4, -0.2) is 39.9 Å². The zero-order valence-corrected chi connectivity index (χ0v) is 43.7. The van der Waals surface area contributed by atoms with Gasteiger partial charge in [0.1, 0.15) is 0 Å². The fourth-order valence-corrected chi connectivity index (χ4v) is 11.0. The Morgan fingerprint density at radius 1 is 0.211 bits per heavy atom. The Labute approximate surface area is 442 Å². The van der Waals surface area contributed by atoms with Crippen LogP contribution in [0.3, 0.4) is 0 Å². The van der Waals surface area contributed by atoms with E-state index in [0.29, 0.717) is 0 Å². The Balaban J connectivity index is 1.33. The van der Waals surface area contributed by atoms with Gasteiger partial charge in [-0.15, -0.1) is 0 Å². The fraction of sp³-hybridized carbons (Fsp3) is 0.125. The lowest BCUT2D eigenvalue weighted by molar-refractivity contribution is 1.16. The molecule has 12 aromatic rings. The summed E-state index contributed by atoms with van der Waals surface area (Å²) in [6.45, 7) is 17.0. The lowest BCUT2D eigenvalue weighted by atomic mass is 9.88. The molecule has 76 heavy (non-hydrogen) atoms. The molecule has 0 unspecified atom stereocenters. The molecule has 0 fully saturated rings. The van der Waals surface area contributed by atoms with Crippen LogP contribution in [0.25, 0.3) is 32.3 Å². The van der Waals surface area contributed by atoms with Gasteiger partial charge in [-0.2, -0.15) is 0 Å². The summed E-state index contributed by atoms with van der Waals surface area (Å²) < 4.78 is 0. The summed E-state index contributed by atoms with van der Waals surface area (Å²) in [5, 5.41) is 6.42. The SMILES string of the molecule is Cc1cnccc1N(c1ccncc1C)c1cc(N(c2ccncc2C)c2ccncc2C)c2ccc3c(N(c4ccncc4C)c4ccncc4C)cc(N(c4ccncc4C)c4ccncc4C)c4ccc1c2c43. The number of aryl methyl sites for hydroxylation is 8. The monoisotopic (exact) mass is 990 g/mol. The molecule has 12 rings (SSSR count). The minimum Gasteiger partial charge on any atom is -0.309 e. The van der Waals surface area contributed by atoms with E-state index in [1.807, 2.05) is 99.1 Å². The van der Waals surface area contributed by atoms with Crippen molar-refractivity contribution >= 4 is 101 Å². The van der Waals surface area contributed by atoms with Crippen LogP contribution in [0, 0.1) is 55.4 Å². The van der Waals surface area contributed by atoms with Crippen molar-refractivity contribution in [2.24, 2.45) is 0 Å². The van der Waals surface area contributed by atoms with Crippen molar-refractivity contribution in [1.29, 1.82) is 0 Å². The third-order valence-corrected chi connectivity index (χ3v) is 14.6. The van der Waals surface area contributed by atoms with Crippen LogP contribution in [0.2, 0.25) is 0 Å². The van der Waals surface area contributed by atoms with Crippen LogP contribution >= 0.6 is 0 Å². The first-order chi connectivity index (χ1) is 37.1. The van der Waals surface area contributed by atoms with Crippen LogP contribution < -0.4 is 19.6 Å². The number of rotatable bonds is 12. The van der Waals surface area contributed by atoms with E-state index in [4.69, 9.17) is 0 Å². The van der Waals surface area contributed by atoms with E-state index in [0.717, 1.165) is 145 Å². The highest BCUT2D eigenvalue weighted by molar-refractivity contribution is 6.33. The number of anilines is 12. The maximum absolute atomic E-state index is 4.60. The van der Waals surface area contributed by atoms with Gasteiger partial charge in [-0.3, -0.25) is 39.9 Å². The summed E-state index contributed by atoms with van der Waals surface area (Å²) in [6, 6.07) is 30.9. The lowest BCUT2D eigenvalue weighted by Gasteiger charge is -2.36. The molecule has 0 saturated carbocycles. The summed E-state index contributed by atoms with van der Waals surface area (Å²) in [4.78, 5) is 46.4. The summed E-state index contributed by atoms with van der Waals surface area (Å²) in [5.74, 6) is 0. The quantitative estimate of drug-likeness (QED) is 0.109. The van der Waals surface area contributed by atoms with Gasteiger partial charge in [0.05, 0.1) is 68.2 Å². The largest absolute Gasteiger partial charge is 0.309 e. The zero-order chi connectivity index (χ0) is 52.2. The molecule has 0 radical (unpaired) electrons. The maximum Gasteiger partial charge on any atom is 0.0561 e. The smallest absolute Gasteiger partial charge is 0.0561 e. The van der Waals surface area contributed by atoms with Gasteiger partial charge in [0, 0.05) is 131 Å². The molecule has 12 nitrogen and oxygen atoms in total. The van der Waals surface area contributed by atoms with E-state index in [-0.39, 0.29) is 0 Å². The minimum absolute atomic E-state index is 0.981. The van der Waals surface area contributed by atoms with E-state index in [1.54, 1.807) is 0 Å². The van der Waals surface area contributed by atoms with Gasteiger partial charge in [0.2, 0.25) is 0 Å². The molecular weight excluding hydrogens is 937 g/mol. The van der Waals surface area contributed by atoms with Gasteiger partial charge >= 0.3 is 0 Å². The van der Waals surface area contributed by atoms with Crippen molar-refractivity contribution < 1.29 is 0 Å². The normalized spacial score (nSPS) is 11.4. The first-order valence-corrected chi connectivity index (χ1v) is 25.3. The van der Waals surface area contributed by atoms with Gasteiger partial charge in [-0.1, -0.05) is 24.3 Å². The minimum atomic E-state index is 0.981. The van der Waals surface area contributed by atoms with Crippen LogP contribution in [0.15, 0.2) is 184 Å². The fourth-order valence-electron chi connectivity index (χ4n) is 11.0. The molecule has 8 heterocycles. The average molecular weight is 991 g/mol. The van der Waals surface area contributed by atoms with Crippen molar-refractivity contribution in [3.05, 3.63) is 229 Å². The molecule has 0 saturated heterocycles. The number of pyridine rings is 8. The summed E-state index contributed by atoms with van der Waals surface area (Å²) in [5.41, 5.74) is 20.1. The number of hydrogen-bond acceptors (Lipinski definition) is 12. The van der Waals surface area contributed by atoms with Crippen molar-refractivity contribution in [2.75, 3.05) is 19.6 Å². The lowest BCUT2D eigenvalue weighted by Crippen LogP contribution is -2.18. The van der Waals surface area contributed by atoms with Crippen molar-refractivity contribution in [2.45, 2.75) is 55.4 Å². The number of aromatic nitrogens is 8. The molecule has 0 N–H and O–H groups in total. The summed E-state index contributed by atoms with van der Waals surface area (Å²) in [6.07, 6.45) is 30.5. The topological polar surface area (TPSA) is 116 Å². The number of nitrogens with zero attached hydrogens (tertiary/aromatic N) is 12. The highest BCUT2D eigenvalue weighted by atomic mass is 15.2. The van der Waals surface area contributed by atoms with Crippen molar-refractivity contribution in [1.82, 2.24) is 39.9 Å².